The average Bonchev–Trinajstić information content (AvgIpc) is 2.75. The van der Waals surface area contributed by atoms with Gasteiger partial charge in [-0.1, -0.05) is 137 Å². The zero-order valence-electron chi connectivity index (χ0n) is 21.3. The van der Waals surface area contributed by atoms with Gasteiger partial charge in [-0.15, -0.1) is 0 Å². The number of carbonyl (C=O) groups excluding carboxylic acids is 1. The average molecular weight is 425 g/mol. The van der Waals surface area contributed by atoms with Crippen molar-refractivity contribution in [1.82, 2.24) is 0 Å². The van der Waals surface area contributed by atoms with Crippen LogP contribution in [0.5, 0.6) is 0 Å². The monoisotopic (exact) mass is 424 g/mol. The van der Waals surface area contributed by atoms with Gasteiger partial charge in [0.15, 0.2) is 0 Å². The first-order valence-corrected chi connectivity index (χ1v) is 13.8. The molecule has 30 heavy (non-hydrogen) atoms. The summed E-state index contributed by atoms with van der Waals surface area (Å²) in [5.41, 5.74) is 0. The molecule has 0 N–H and O–H groups in total. The van der Waals surface area contributed by atoms with Crippen molar-refractivity contribution in [2.24, 2.45) is 11.8 Å². The van der Waals surface area contributed by atoms with E-state index in [0.29, 0.717) is 12.5 Å². The summed E-state index contributed by atoms with van der Waals surface area (Å²) in [5, 5.41) is 0. The molecule has 0 fully saturated rings. The van der Waals surface area contributed by atoms with Crippen molar-refractivity contribution in [3.05, 3.63) is 0 Å². The lowest BCUT2D eigenvalue weighted by atomic mass is 9.94. The Morgan fingerprint density at radius 1 is 0.567 bits per heavy atom. The maximum absolute atomic E-state index is 12.4. The molecule has 0 amide bonds. The van der Waals surface area contributed by atoms with Crippen LogP contribution < -0.4 is 0 Å². The van der Waals surface area contributed by atoms with Crippen LogP contribution in [0, 0.1) is 11.8 Å². The van der Waals surface area contributed by atoms with Crippen LogP contribution in [0.4, 0.5) is 0 Å². The highest BCUT2D eigenvalue weighted by Crippen LogP contribution is 2.21. The van der Waals surface area contributed by atoms with E-state index < -0.39 is 0 Å². The fraction of sp³-hybridized carbons (Fsp3) is 0.964. The Balaban J connectivity index is 4.11. The third-order valence-electron chi connectivity index (χ3n) is 6.54. The van der Waals surface area contributed by atoms with Crippen molar-refractivity contribution < 1.29 is 9.53 Å². The molecule has 0 saturated heterocycles. The molecule has 0 aromatic rings. The largest absolute Gasteiger partial charge is 0.465 e. The molecular weight excluding hydrogens is 368 g/mol. The molecule has 0 aromatic heterocycles. The maximum atomic E-state index is 12.4. The number of esters is 1. The highest BCUT2D eigenvalue weighted by molar-refractivity contribution is 5.71. The smallest absolute Gasteiger partial charge is 0.308 e. The Morgan fingerprint density at radius 2 is 0.933 bits per heavy atom. The first-order chi connectivity index (χ1) is 14.7. The van der Waals surface area contributed by atoms with E-state index in [-0.39, 0.29) is 11.9 Å². The van der Waals surface area contributed by atoms with Gasteiger partial charge in [0, 0.05) is 0 Å². The van der Waals surface area contributed by atoms with Gasteiger partial charge in [0.1, 0.15) is 0 Å². The van der Waals surface area contributed by atoms with Gasteiger partial charge in [0.25, 0.3) is 0 Å². The van der Waals surface area contributed by atoms with Crippen molar-refractivity contribution in [1.29, 1.82) is 0 Å². The first-order valence-electron chi connectivity index (χ1n) is 13.8. The lowest BCUT2D eigenvalue weighted by molar-refractivity contribution is -0.149. The van der Waals surface area contributed by atoms with Crippen LogP contribution in [0.2, 0.25) is 0 Å². The minimum Gasteiger partial charge on any atom is -0.465 e. The number of carbonyl (C=O) groups is 1. The Kier molecular flexibility index (Phi) is 22.7. The molecule has 0 aliphatic carbocycles. The Labute approximate surface area is 190 Å². The predicted molar refractivity (Wildman–Crippen MR) is 133 cm³/mol. The summed E-state index contributed by atoms with van der Waals surface area (Å²) in [6.07, 6.45) is 25.9. The second-order valence-corrected chi connectivity index (χ2v) is 9.71. The van der Waals surface area contributed by atoms with Gasteiger partial charge >= 0.3 is 5.97 Å². The van der Waals surface area contributed by atoms with Crippen LogP contribution in [0.15, 0.2) is 0 Å². The Hall–Kier alpha value is -0.530. The third-order valence-corrected chi connectivity index (χ3v) is 6.54. The van der Waals surface area contributed by atoms with Crippen molar-refractivity contribution in [2.45, 2.75) is 156 Å². The molecule has 2 nitrogen and oxygen atoms in total. The number of ether oxygens (including phenoxy) is 1. The molecule has 0 aliphatic rings. The van der Waals surface area contributed by atoms with Crippen LogP contribution in [-0.4, -0.2) is 12.6 Å². The third kappa shape index (κ3) is 19.4. The normalized spacial score (nSPS) is 13.3. The van der Waals surface area contributed by atoms with Gasteiger partial charge in [0.2, 0.25) is 0 Å². The van der Waals surface area contributed by atoms with Crippen LogP contribution in [0.25, 0.3) is 0 Å². The second-order valence-electron chi connectivity index (χ2n) is 9.71. The molecule has 180 valence electrons. The highest BCUT2D eigenvalue weighted by atomic mass is 16.5. The van der Waals surface area contributed by atoms with E-state index in [9.17, 15) is 4.79 Å². The fourth-order valence-electron chi connectivity index (χ4n) is 4.25. The van der Waals surface area contributed by atoms with E-state index in [1.807, 2.05) is 0 Å². The number of rotatable bonds is 23. The van der Waals surface area contributed by atoms with E-state index in [0.717, 1.165) is 12.8 Å². The number of hydrogen-bond donors (Lipinski definition) is 0. The lowest BCUT2D eigenvalue weighted by Crippen LogP contribution is -2.20. The van der Waals surface area contributed by atoms with Crippen LogP contribution in [0.3, 0.4) is 0 Å². The summed E-state index contributed by atoms with van der Waals surface area (Å²) in [4.78, 5) is 12.4. The van der Waals surface area contributed by atoms with Gasteiger partial charge in [-0.05, 0) is 25.2 Å². The van der Waals surface area contributed by atoms with E-state index in [1.54, 1.807) is 0 Å². The minimum absolute atomic E-state index is 0.0426. The zero-order valence-corrected chi connectivity index (χ0v) is 21.3. The van der Waals surface area contributed by atoms with E-state index in [1.165, 1.54) is 116 Å². The van der Waals surface area contributed by atoms with Gasteiger partial charge in [-0.3, -0.25) is 4.79 Å². The fourth-order valence-corrected chi connectivity index (χ4v) is 4.25. The molecule has 2 atom stereocenters. The predicted octanol–water partition coefficient (Wildman–Crippen LogP) is 9.64. The van der Waals surface area contributed by atoms with E-state index in [2.05, 4.69) is 27.7 Å². The summed E-state index contributed by atoms with van der Waals surface area (Å²) in [5.74, 6) is 0.680. The Morgan fingerprint density at radius 3 is 1.37 bits per heavy atom. The molecule has 0 radical (unpaired) electrons. The van der Waals surface area contributed by atoms with Crippen molar-refractivity contribution >= 4 is 5.97 Å². The summed E-state index contributed by atoms with van der Waals surface area (Å²) in [6, 6.07) is 0. The van der Waals surface area contributed by atoms with Gasteiger partial charge in [-0.25, -0.2) is 0 Å². The van der Waals surface area contributed by atoms with Crippen LogP contribution in [-0.2, 0) is 9.53 Å². The number of hydrogen-bond acceptors (Lipinski definition) is 2. The summed E-state index contributed by atoms with van der Waals surface area (Å²) < 4.78 is 5.79. The molecule has 0 rings (SSSR count). The molecule has 0 saturated carbocycles. The molecule has 0 aliphatic heterocycles. The minimum atomic E-state index is 0.0426. The van der Waals surface area contributed by atoms with Crippen molar-refractivity contribution in [2.75, 3.05) is 6.61 Å². The van der Waals surface area contributed by atoms with Crippen molar-refractivity contribution in [3.63, 3.8) is 0 Å². The highest BCUT2D eigenvalue weighted by Gasteiger charge is 2.17. The van der Waals surface area contributed by atoms with E-state index >= 15 is 0 Å². The Bertz CT molecular complexity index is 353. The molecule has 2 heteroatoms. The number of unbranched alkanes of at least 4 members (excludes halogenated alkanes) is 14. The summed E-state index contributed by atoms with van der Waals surface area (Å²) in [7, 11) is 0. The molecule has 0 spiro atoms. The molecule has 0 aromatic carbocycles. The topological polar surface area (TPSA) is 26.3 Å². The van der Waals surface area contributed by atoms with E-state index in [4.69, 9.17) is 4.74 Å². The molecule has 0 heterocycles. The molecular formula is C28H56O2. The quantitative estimate of drug-likeness (QED) is 0.120. The first kappa shape index (κ1) is 29.5. The standard InChI is InChI=1S/C28H56O2/c1-5-8-11-14-15-18-21-24-27(23-20-17-13-10-7-3)25-30-28(29)26(4)22-19-16-12-9-6-2/h26-27H,5-25H2,1-4H3. The summed E-state index contributed by atoms with van der Waals surface area (Å²) >= 11 is 0. The van der Waals surface area contributed by atoms with Gasteiger partial charge in [0.05, 0.1) is 12.5 Å². The zero-order chi connectivity index (χ0) is 22.3. The summed E-state index contributed by atoms with van der Waals surface area (Å²) in [6.45, 7) is 9.50. The SMILES string of the molecule is CCCCCCCCCC(CCCCCCC)COC(=O)C(C)CCCCCCC. The lowest BCUT2D eigenvalue weighted by Gasteiger charge is -2.19. The maximum Gasteiger partial charge on any atom is 0.308 e. The molecule has 0 bridgehead atoms. The second kappa shape index (κ2) is 23.1. The van der Waals surface area contributed by atoms with Crippen molar-refractivity contribution in [3.8, 4) is 0 Å². The van der Waals surface area contributed by atoms with Gasteiger partial charge in [-0.2, -0.15) is 0 Å². The van der Waals surface area contributed by atoms with Gasteiger partial charge < -0.3 is 4.74 Å². The molecule has 2 unspecified atom stereocenters. The van der Waals surface area contributed by atoms with Crippen LogP contribution >= 0.6 is 0 Å². The van der Waals surface area contributed by atoms with Crippen LogP contribution in [0.1, 0.15) is 156 Å².